The van der Waals surface area contributed by atoms with E-state index in [0.29, 0.717) is 0 Å². The fourth-order valence-corrected chi connectivity index (χ4v) is 2.27. The molecule has 0 radical (unpaired) electrons. The van der Waals surface area contributed by atoms with Crippen LogP contribution in [0.2, 0.25) is 0 Å². The molecule has 0 heteroatoms. The van der Waals surface area contributed by atoms with Crippen LogP contribution in [0.15, 0.2) is 72.8 Å². The van der Waals surface area contributed by atoms with Crippen molar-refractivity contribution in [2.75, 3.05) is 0 Å². The molecule has 3 rings (SSSR count). The zero-order valence-corrected chi connectivity index (χ0v) is 12.0. The van der Waals surface area contributed by atoms with Crippen LogP contribution in [0.4, 0.5) is 0 Å². The Hall–Kier alpha value is -2.78. The molecule has 100 valence electrons. The SMILES string of the molecule is Cc1ccc2cc(/C=C\C#Cc3ccccc3)ccc2c1. The summed E-state index contributed by atoms with van der Waals surface area (Å²) < 4.78 is 0. The second kappa shape index (κ2) is 6.11. The van der Waals surface area contributed by atoms with E-state index in [1.807, 2.05) is 36.4 Å². The fourth-order valence-electron chi connectivity index (χ4n) is 2.27. The zero-order chi connectivity index (χ0) is 14.5. The molecule has 0 fully saturated rings. The first-order chi connectivity index (χ1) is 10.3. The lowest BCUT2D eigenvalue weighted by atomic mass is 10.0. The largest absolute Gasteiger partial charge is 0.0696 e. The Morgan fingerprint density at radius 3 is 2.43 bits per heavy atom. The Bertz CT molecular complexity index is 843. The highest BCUT2D eigenvalue weighted by molar-refractivity contribution is 5.85. The highest BCUT2D eigenvalue weighted by Gasteiger charge is 1.94. The number of rotatable bonds is 1. The third kappa shape index (κ3) is 3.41. The van der Waals surface area contributed by atoms with E-state index in [0.717, 1.165) is 5.56 Å². The maximum Gasteiger partial charge on any atom is 0.0248 e. The van der Waals surface area contributed by atoms with Crippen molar-refractivity contribution < 1.29 is 0 Å². The Labute approximate surface area is 125 Å². The molecule has 0 spiro atoms. The normalized spacial score (nSPS) is 10.5. The van der Waals surface area contributed by atoms with Gasteiger partial charge in [-0.05, 0) is 53.6 Å². The molecular weight excluding hydrogens is 252 g/mol. The first-order valence-electron chi connectivity index (χ1n) is 7.05. The first kappa shape index (κ1) is 13.2. The maximum atomic E-state index is 3.12. The summed E-state index contributed by atoms with van der Waals surface area (Å²) in [6.07, 6.45) is 3.96. The highest BCUT2D eigenvalue weighted by atomic mass is 14.0. The van der Waals surface area contributed by atoms with E-state index in [4.69, 9.17) is 0 Å². The summed E-state index contributed by atoms with van der Waals surface area (Å²) >= 11 is 0. The van der Waals surface area contributed by atoms with Crippen LogP contribution in [0.1, 0.15) is 16.7 Å². The Morgan fingerprint density at radius 1 is 0.810 bits per heavy atom. The van der Waals surface area contributed by atoms with Gasteiger partial charge in [-0.25, -0.2) is 0 Å². The van der Waals surface area contributed by atoms with Gasteiger partial charge in [-0.2, -0.15) is 0 Å². The third-order valence-corrected chi connectivity index (χ3v) is 3.37. The number of aryl methyl sites for hydroxylation is 1. The minimum atomic E-state index is 1.04. The van der Waals surface area contributed by atoms with Crippen molar-refractivity contribution in [3.63, 3.8) is 0 Å². The lowest BCUT2D eigenvalue weighted by Crippen LogP contribution is -1.77. The fraction of sp³-hybridized carbons (Fsp3) is 0.0476. The zero-order valence-electron chi connectivity index (χ0n) is 12.0. The molecule has 0 saturated heterocycles. The maximum absolute atomic E-state index is 3.12. The van der Waals surface area contributed by atoms with E-state index in [9.17, 15) is 0 Å². The summed E-state index contributed by atoms with van der Waals surface area (Å²) in [6.45, 7) is 2.12. The van der Waals surface area contributed by atoms with Gasteiger partial charge < -0.3 is 0 Å². The predicted molar refractivity (Wildman–Crippen MR) is 91.0 cm³/mol. The average molecular weight is 268 g/mol. The number of allylic oxidation sites excluding steroid dienone is 1. The van der Waals surface area contributed by atoms with Crippen LogP contribution in [0.5, 0.6) is 0 Å². The summed E-state index contributed by atoms with van der Waals surface area (Å²) in [6, 6.07) is 23.0. The number of hydrogen-bond donors (Lipinski definition) is 0. The standard InChI is InChI=1S/C21H16/c1-17-11-13-21-16-19(12-14-20(21)15-17)10-6-5-9-18-7-3-2-4-8-18/h2-4,6-8,10-16H,1H3/b10-6-. The molecule has 0 aliphatic rings. The summed E-state index contributed by atoms with van der Waals surface area (Å²) in [5.41, 5.74) is 3.50. The topological polar surface area (TPSA) is 0 Å². The Kier molecular flexibility index (Phi) is 3.85. The molecule has 0 N–H and O–H groups in total. The number of fused-ring (bicyclic) bond motifs is 1. The van der Waals surface area contributed by atoms with Gasteiger partial charge in [-0.15, -0.1) is 0 Å². The molecular formula is C21H16. The highest BCUT2D eigenvalue weighted by Crippen LogP contribution is 2.18. The van der Waals surface area contributed by atoms with Gasteiger partial charge in [0.15, 0.2) is 0 Å². The second-order valence-corrected chi connectivity index (χ2v) is 5.08. The minimum Gasteiger partial charge on any atom is -0.0696 e. The van der Waals surface area contributed by atoms with Gasteiger partial charge in [-0.1, -0.05) is 65.9 Å². The molecule has 0 nitrogen and oxygen atoms in total. The summed E-state index contributed by atoms with van der Waals surface area (Å²) in [7, 11) is 0. The monoisotopic (exact) mass is 268 g/mol. The Morgan fingerprint density at radius 2 is 1.57 bits per heavy atom. The van der Waals surface area contributed by atoms with Crippen molar-refractivity contribution >= 4 is 16.8 Å². The summed E-state index contributed by atoms with van der Waals surface area (Å²) in [4.78, 5) is 0. The van der Waals surface area contributed by atoms with E-state index in [1.54, 1.807) is 0 Å². The van der Waals surface area contributed by atoms with E-state index < -0.39 is 0 Å². The van der Waals surface area contributed by atoms with Crippen LogP contribution in [0.25, 0.3) is 16.8 Å². The van der Waals surface area contributed by atoms with Crippen LogP contribution in [-0.4, -0.2) is 0 Å². The van der Waals surface area contributed by atoms with Crippen molar-refractivity contribution in [3.8, 4) is 11.8 Å². The van der Waals surface area contributed by atoms with E-state index in [1.165, 1.54) is 21.9 Å². The van der Waals surface area contributed by atoms with Gasteiger partial charge in [0.2, 0.25) is 0 Å². The molecule has 0 aliphatic heterocycles. The van der Waals surface area contributed by atoms with Crippen molar-refractivity contribution in [1.82, 2.24) is 0 Å². The quantitative estimate of drug-likeness (QED) is 0.531. The lowest BCUT2D eigenvalue weighted by molar-refractivity contribution is 1.50. The van der Waals surface area contributed by atoms with Gasteiger partial charge in [0.1, 0.15) is 0 Å². The molecule has 0 unspecified atom stereocenters. The number of benzene rings is 3. The van der Waals surface area contributed by atoms with E-state index in [2.05, 4.69) is 61.2 Å². The van der Waals surface area contributed by atoms with Crippen molar-refractivity contribution in [2.45, 2.75) is 6.92 Å². The summed E-state index contributed by atoms with van der Waals surface area (Å²) in [5, 5.41) is 2.54. The summed E-state index contributed by atoms with van der Waals surface area (Å²) in [5.74, 6) is 6.20. The predicted octanol–water partition coefficient (Wildman–Crippen LogP) is 5.21. The van der Waals surface area contributed by atoms with Gasteiger partial charge in [0.25, 0.3) is 0 Å². The molecule has 3 aromatic rings. The van der Waals surface area contributed by atoms with Crippen LogP contribution in [0.3, 0.4) is 0 Å². The first-order valence-corrected chi connectivity index (χ1v) is 7.05. The second-order valence-electron chi connectivity index (χ2n) is 5.08. The third-order valence-electron chi connectivity index (χ3n) is 3.37. The molecule has 0 bridgehead atoms. The van der Waals surface area contributed by atoms with Gasteiger partial charge >= 0.3 is 0 Å². The molecule has 3 aromatic carbocycles. The van der Waals surface area contributed by atoms with Gasteiger partial charge in [0, 0.05) is 5.56 Å². The van der Waals surface area contributed by atoms with Crippen LogP contribution in [0, 0.1) is 18.8 Å². The molecule has 0 atom stereocenters. The minimum absolute atomic E-state index is 1.04. The lowest BCUT2D eigenvalue weighted by Gasteiger charge is -2.00. The molecule has 21 heavy (non-hydrogen) atoms. The smallest absolute Gasteiger partial charge is 0.0248 e. The van der Waals surface area contributed by atoms with Crippen molar-refractivity contribution in [3.05, 3.63) is 89.5 Å². The van der Waals surface area contributed by atoms with E-state index >= 15 is 0 Å². The van der Waals surface area contributed by atoms with Crippen molar-refractivity contribution in [2.24, 2.45) is 0 Å². The van der Waals surface area contributed by atoms with Crippen LogP contribution in [-0.2, 0) is 0 Å². The molecule has 0 aromatic heterocycles. The van der Waals surface area contributed by atoms with Crippen molar-refractivity contribution in [1.29, 1.82) is 0 Å². The molecule has 0 amide bonds. The molecule has 0 heterocycles. The van der Waals surface area contributed by atoms with E-state index in [-0.39, 0.29) is 0 Å². The average Bonchev–Trinajstić information content (AvgIpc) is 2.52. The van der Waals surface area contributed by atoms with Gasteiger partial charge in [0.05, 0.1) is 0 Å². The molecule has 0 aliphatic carbocycles. The molecule has 0 saturated carbocycles. The van der Waals surface area contributed by atoms with Crippen LogP contribution >= 0.6 is 0 Å². The Balaban J connectivity index is 1.80. The number of hydrogen-bond acceptors (Lipinski definition) is 0. The van der Waals surface area contributed by atoms with Crippen LogP contribution < -0.4 is 0 Å². The van der Waals surface area contributed by atoms with Gasteiger partial charge in [-0.3, -0.25) is 0 Å².